The minimum absolute atomic E-state index is 0.950. The fraction of sp³-hybridized carbons (Fsp3) is 0.0800. The zero-order chi connectivity index (χ0) is 19.2. The van der Waals surface area contributed by atoms with Gasteiger partial charge in [0.05, 0.1) is 11.0 Å². The van der Waals surface area contributed by atoms with Crippen molar-refractivity contribution in [1.29, 1.82) is 0 Å². The largest absolute Gasteiger partial charge is 0.292 e. The Labute approximate surface area is 161 Å². The van der Waals surface area contributed by atoms with E-state index < -0.39 is 0 Å². The van der Waals surface area contributed by atoms with Gasteiger partial charge in [-0.25, -0.2) is 4.98 Å². The minimum Gasteiger partial charge on any atom is -0.292 e. The number of para-hydroxylation sites is 3. The average molecular weight is 352 g/mol. The zero-order valence-electron chi connectivity index (χ0n) is 15.9. The zero-order valence-corrected chi connectivity index (χ0v) is 15.9. The summed E-state index contributed by atoms with van der Waals surface area (Å²) in [5.41, 5.74) is 6.51. The molecule has 0 bridgehead atoms. The molecular weight excluding hydrogens is 328 g/mol. The van der Waals surface area contributed by atoms with Crippen LogP contribution in [0, 0.1) is 0 Å². The van der Waals surface area contributed by atoms with E-state index in [0.29, 0.717) is 0 Å². The van der Waals surface area contributed by atoms with Crippen molar-refractivity contribution in [3.05, 3.63) is 104 Å². The monoisotopic (exact) mass is 352 g/mol. The predicted octanol–water partition coefficient (Wildman–Crippen LogP) is 6.92. The lowest BCUT2D eigenvalue weighted by molar-refractivity contribution is 1.10. The van der Waals surface area contributed by atoms with Crippen molar-refractivity contribution in [1.82, 2.24) is 9.55 Å². The molecule has 0 amide bonds. The number of imidazole rings is 1. The molecule has 0 aliphatic carbocycles. The molecule has 0 fully saturated rings. The van der Waals surface area contributed by atoms with Crippen LogP contribution in [0.15, 0.2) is 98.1 Å². The van der Waals surface area contributed by atoms with Crippen LogP contribution in [0.5, 0.6) is 0 Å². The van der Waals surface area contributed by atoms with Crippen molar-refractivity contribution in [3.8, 4) is 17.1 Å². The smallest absolute Gasteiger partial charge is 0.145 e. The summed E-state index contributed by atoms with van der Waals surface area (Å²) in [5.74, 6) is 0.950. The molecule has 1 aromatic heterocycles. The Morgan fingerprint density at radius 3 is 2.30 bits per heavy atom. The highest BCUT2D eigenvalue weighted by atomic mass is 15.1. The Hall–Kier alpha value is -3.39. The second-order valence-electron chi connectivity index (χ2n) is 6.36. The van der Waals surface area contributed by atoms with E-state index in [2.05, 4.69) is 84.5 Å². The third kappa shape index (κ3) is 3.90. The van der Waals surface area contributed by atoms with E-state index >= 15 is 0 Å². The number of fused-ring (bicyclic) bond motifs is 1. The van der Waals surface area contributed by atoms with E-state index in [1.165, 1.54) is 0 Å². The molecule has 0 N–H and O–H groups in total. The van der Waals surface area contributed by atoms with Gasteiger partial charge in [-0.05, 0) is 49.7 Å². The summed E-state index contributed by atoms with van der Waals surface area (Å²) < 4.78 is 2.22. The highest BCUT2D eigenvalue weighted by Gasteiger charge is 2.14. The molecule has 0 saturated heterocycles. The fourth-order valence-electron chi connectivity index (χ4n) is 2.98. The standard InChI is InChI=1S/C22H18N2.C3H6/c1-16(2)17-9-8-10-18(15-17)22-23-20-13-6-7-14-21(20)24(22)19-11-4-3-5-12-19;1-3-2/h3-15H,1H2,2H3;3H,1H2,2H3. The first-order chi connectivity index (χ1) is 13.2. The van der Waals surface area contributed by atoms with Gasteiger partial charge in [0.15, 0.2) is 0 Å². The van der Waals surface area contributed by atoms with Gasteiger partial charge in [-0.2, -0.15) is 0 Å². The summed E-state index contributed by atoms with van der Waals surface area (Å²) >= 11 is 0. The van der Waals surface area contributed by atoms with Crippen LogP contribution >= 0.6 is 0 Å². The minimum atomic E-state index is 0.950. The maximum absolute atomic E-state index is 4.89. The first kappa shape index (κ1) is 18.4. The van der Waals surface area contributed by atoms with Crippen LogP contribution in [0.25, 0.3) is 33.7 Å². The maximum Gasteiger partial charge on any atom is 0.145 e. The van der Waals surface area contributed by atoms with Crippen molar-refractivity contribution in [2.75, 3.05) is 0 Å². The number of aromatic nitrogens is 2. The fourth-order valence-corrected chi connectivity index (χ4v) is 2.98. The summed E-state index contributed by atoms with van der Waals surface area (Å²) in [4.78, 5) is 4.89. The lowest BCUT2D eigenvalue weighted by Gasteiger charge is -2.10. The molecule has 0 aliphatic heterocycles. The summed E-state index contributed by atoms with van der Waals surface area (Å²) in [5, 5.41) is 0. The molecular formula is C25H24N2. The molecule has 0 unspecified atom stereocenters. The van der Waals surface area contributed by atoms with E-state index in [1.807, 2.05) is 26.0 Å². The normalized spacial score (nSPS) is 10.1. The Kier molecular flexibility index (Phi) is 5.68. The van der Waals surface area contributed by atoms with Crippen LogP contribution in [0.2, 0.25) is 0 Å². The van der Waals surface area contributed by atoms with Crippen molar-refractivity contribution < 1.29 is 0 Å². The Morgan fingerprint density at radius 1 is 0.926 bits per heavy atom. The van der Waals surface area contributed by atoms with Crippen molar-refractivity contribution in [2.45, 2.75) is 13.8 Å². The first-order valence-electron chi connectivity index (χ1n) is 9.02. The quantitative estimate of drug-likeness (QED) is 0.366. The third-order valence-corrected chi connectivity index (χ3v) is 4.19. The summed E-state index contributed by atoms with van der Waals surface area (Å²) in [6.07, 6.45) is 1.75. The average Bonchev–Trinajstić information content (AvgIpc) is 3.09. The number of hydrogen-bond donors (Lipinski definition) is 0. The van der Waals surface area contributed by atoms with Crippen molar-refractivity contribution in [3.63, 3.8) is 0 Å². The van der Waals surface area contributed by atoms with Crippen LogP contribution in [0.1, 0.15) is 19.4 Å². The second kappa shape index (κ2) is 8.33. The van der Waals surface area contributed by atoms with Gasteiger partial charge in [0, 0.05) is 11.3 Å². The van der Waals surface area contributed by atoms with Gasteiger partial charge in [-0.1, -0.05) is 66.8 Å². The lowest BCUT2D eigenvalue weighted by Crippen LogP contribution is -1.97. The third-order valence-electron chi connectivity index (χ3n) is 4.19. The molecule has 4 aromatic rings. The van der Waals surface area contributed by atoms with E-state index in [9.17, 15) is 0 Å². The highest BCUT2D eigenvalue weighted by Crippen LogP contribution is 2.29. The second-order valence-corrected chi connectivity index (χ2v) is 6.36. The molecule has 3 aromatic carbocycles. The number of allylic oxidation sites excluding steroid dienone is 2. The van der Waals surface area contributed by atoms with Gasteiger partial charge in [-0.3, -0.25) is 4.57 Å². The van der Waals surface area contributed by atoms with Crippen LogP contribution in [0.3, 0.4) is 0 Å². The summed E-state index contributed by atoms with van der Waals surface area (Å²) in [6.45, 7) is 11.3. The van der Waals surface area contributed by atoms with Gasteiger partial charge < -0.3 is 0 Å². The van der Waals surface area contributed by atoms with Crippen LogP contribution in [-0.2, 0) is 0 Å². The first-order valence-corrected chi connectivity index (χ1v) is 9.02. The molecule has 2 nitrogen and oxygen atoms in total. The lowest BCUT2D eigenvalue weighted by atomic mass is 10.1. The molecule has 0 aliphatic rings. The van der Waals surface area contributed by atoms with Gasteiger partial charge in [-0.15, -0.1) is 6.58 Å². The summed E-state index contributed by atoms with van der Waals surface area (Å²) in [7, 11) is 0. The Morgan fingerprint density at radius 2 is 1.59 bits per heavy atom. The van der Waals surface area contributed by atoms with Gasteiger partial charge in [0.25, 0.3) is 0 Å². The SMILES string of the molecule is C=C(C)c1cccc(-c2nc3ccccc3n2-c2ccccc2)c1.C=CC. The molecule has 134 valence electrons. The Bertz CT molecular complexity index is 1070. The van der Waals surface area contributed by atoms with Crippen molar-refractivity contribution >= 4 is 16.6 Å². The summed E-state index contributed by atoms with van der Waals surface area (Å²) in [6, 6.07) is 27.0. The van der Waals surface area contributed by atoms with Gasteiger partial charge >= 0.3 is 0 Å². The molecule has 4 rings (SSSR count). The van der Waals surface area contributed by atoms with E-state index in [-0.39, 0.29) is 0 Å². The predicted molar refractivity (Wildman–Crippen MR) is 117 cm³/mol. The molecule has 2 heteroatoms. The number of rotatable bonds is 3. The molecule has 0 spiro atoms. The van der Waals surface area contributed by atoms with Crippen LogP contribution in [0.4, 0.5) is 0 Å². The topological polar surface area (TPSA) is 17.8 Å². The van der Waals surface area contributed by atoms with Crippen molar-refractivity contribution in [2.24, 2.45) is 0 Å². The van der Waals surface area contributed by atoms with Gasteiger partial charge in [0.1, 0.15) is 5.82 Å². The van der Waals surface area contributed by atoms with E-state index in [4.69, 9.17) is 4.98 Å². The van der Waals surface area contributed by atoms with Crippen LogP contribution in [-0.4, -0.2) is 9.55 Å². The number of hydrogen-bond acceptors (Lipinski definition) is 1. The van der Waals surface area contributed by atoms with E-state index in [0.717, 1.165) is 39.2 Å². The highest BCUT2D eigenvalue weighted by molar-refractivity contribution is 5.83. The number of benzene rings is 3. The van der Waals surface area contributed by atoms with E-state index in [1.54, 1.807) is 6.08 Å². The molecule has 1 heterocycles. The molecule has 0 atom stereocenters. The van der Waals surface area contributed by atoms with Gasteiger partial charge in [0.2, 0.25) is 0 Å². The molecule has 0 saturated carbocycles. The van der Waals surface area contributed by atoms with Crippen LogP contribution < -0.4 is 0 Å². The maximum atomic E-state index is 4.89. The molecule has 27 heavy (non-hydrogen) atoms. The Balaban J connectivity index is 0.000000659. The number of nitrogens with zero attached hydrogens (tertiary/aromatic N) is 2. The molecule has 0 radical (unpaired) electrons.